The maximum Gasteiger partial charge on any atom is 0.436 e. The van der Waals surface area contributed by atoms with Crippen LogP contribution in [0, 0.1) is 0 Å². The smallest absolute Gasteiger partial charge is 0.436 e. The zero-order valence-corrected chi connectivity index (χ0v) is 10.2. The molecule has 0 saturated carbocycles. The molecule has 0 bridgehead atoms. The molecule has 17 heavy (non-hydrogen) atoms. The van der Waals surface area contributed by atoms with Crippen LogP contribution < -0.4 is 0 Å². The Morgan fingerprint density at radius 2 is 2.18 bits per heavy atom. The minimum atomic E-state index is -4.69. The quantitative estimate of drug-likeness (QED) is 0.857. The van der Waals surface area contributed by atoms with Crippen LogP contribution >= 0.6 is 15.9 Å². The number of methoxy groups -OCH3 is 1. The van der Waals surface area contributed by atoms with Crippen LogP contribution in [0.15, 0.2) is 4.47 Å². The van der Waals surface area contributed by atoms with Crippen molar-refractivity contribution in [2.75, 3.05) is 13.7 Å². The number of carbonyl (C=O) groups excluding carboxylic acids is 1. The molecule has 1 aromatic rings. The normalized spacial score (nSPS) is 11.6. The lowest BCUT2D eigenvalue weighted by molar-refractivity contribution is -0.142. The predicted molar refractivity (Wildman–Crippen MR) is 53.4 cm³/mol. The number of hydrogen-bond acceptors (Lipinski definition) is 4. The molecule has 5 nitrogen and oxygen atoms in total. The first-order valence-electron chi connectivity index (χ1n) is 4.35. The Labute approximate surface area is 102 Å². The van der Waals surface area contributed by atoms with Crippen molar-refractivity contribution in [3.8, 4) is 0 Å². The molecule has 0 atom stereocenters. The summed E-state index contributed by atoms with van der Waals surface area (Å²) in [4.78, 5) is 11.3. The first-order chi connectivity index (χ1) is 7.82. The highest BCUT2D eigenvalue weighted by Gasteiger charge is 2.40. The van der Waals surface area contributed by atoms with E-state index in [4.69, 9.17) is 5.11 Å². The standard InChI is InChI=1S/C8H8BrF3N2O3/c1-17-7(16)5-4(9)6(8(10,11)12)13-14(5)2-3-15/h15H,2-3H2,1H3. The minimum absolute atomic E-state index is 0.237. The fraction of sp³-hybridized carbons (Fsp3) is 0.500. The van der Waals surface area contributed by atoms with E-state index in [-0.39, 0.29) is 12.2 Å². The van der Waals surface area contributed by atoms with E-state index in [9.17, 15) is 18.0 Å². The van der Waals surface area contributed by atoms with Crippen molar-refractivity contribution in [2.45, 2.75) is 12.7 Å². The molecule has 0 unspecified atom stereocenters. The summed E-state index contributed by atoms with van der Waals surface area (Å²) in [6, 6.07) is 0. The molecule has 1 N–H and O–H groups in total. The number of rotatable bonds is 3. The second-order valence-corrected chi connectivity index (χ2v) is 3.74. The molecule has 0 fully saturated rings. The van der Waals surface area contributed by atoms with Crippen molar-refractivity contribution < 1.29 is 27.8 Å². The van der Waals surface area contributed by atoms with E-state index >= 15 is 0 Å². The van der Waals surface area contributed by atoms with Crippen molar-refractivity contribution in [2.24, 2.45) is 0 Å². The van der Waals surface area contributed by atoms with Crippen molar-refractivity contribution >= 4 is 21.9 Å². The second kappa shape index (κ2) is 5.05. The summed E-state index contributed by atoms with van der Waals surface area (Å²) in [7, 11) is 1.04. The Balaban J connectivity index is 3.35. The maximum absolute atomic E-state index is 12.5. The van der Waals surface area contributed by atoms with Crippen LogP contribution in [0.1, 0.15) is 16.2 Å². The number of esters is 1. The molecule has 0 aliphatic carbocycles. The summed E-state index contributed by atoms with van der Waals surface area (Å²) in [6.45, 7) is -0.686. The molecule has 0 radical (unpaired) electrons. The van der Waals surface area contributed by atoms with Gasteiger partial charge < -0.3 is 9.84 Å². The van der Waals surface area contributed by atoms with Crippen molar-refractivity contribution in [1.82, 2.24) is 9.78 Å². The average Bonchev–Trinajstić information content (AvgIpc) is 2.55. The van der Waals surface area contributed by atoms with E-state index < -0.39 is 28.9 Å². The fourth-order valence-corrected chi connectivity index (χ4v) is 1.84. The molecule has 0 saturated heterocycles. The van der Waals surface area contributed by atoms with Gasteiger partial charge in [0.2, 0.25) is 0 Å². The Kier molecular flexibility index (Phi) is 4.15. The molecule has 1 aromatic heterocycles. The molecule has 1 rings (SSSR count). The van der Waals surface area contributed by atoms with Gasteiger partial charge in [0.15, 0.2) is 11.4 Å². The van der Waals surface area contributed by atoms with Gasteiger partial charge in [0, 0.05) is 0 Å². The Morgan fingerprint density at radius 3 is 2.59 bits per heavy atom. The number of hydrogen-bond donors (Lipinski definition) is 1. The molecule has 0 amide bonds. The lowest BCUT2D eigenvalue weighted by Crippen LogP contribution is -2.14. The highest BCUT2D eigenvalue weighted by Crippen LogP contribution is 2.35. The van der Waals surface area contributed by atoms with E-state index in [1.165, 1.54) is 0 Å². The van der Waals surface area contributed by atoms with Crippen LogP contribution in [0.3, 0.4) is 0 Å². The molecule has 0 aliphatic rings. The zero-order valence-electron chi connectivity index (χ0n) is 8.58. The molecule has 0 spiro atoms. The van der Waals surface area contributed by atoms with Crippen LogP contribution in [0.5, 0.6) is 0 Å². The van der Waals surface area contributed by atoms with Gasteiger partial charge in [0.05, 0.1) is 24.7 Å². The first kappa shape index (κ1) is 14.0. The molecular formula is C8H8BrF3N2O3. The van der Waals surface area contributed by atoms with Crippen molar-refractivity contribution in [1.29, 1.82) is 0 Å². The SMILES string of the molecule is COC(=O)c1c(Br)c(C(F)(F)F)nn1CCO. The largest absolute Gasteiger partial charge is 0.464 e. The van der Waals surface area contributed by atoms with Crippen LogP contribution in [-0.4, -0.2) is 34.6 Å². The summed E-state index contributed by atoms with van der Waals surface area (Å²) in [5.41, 5.74) is -1.61. The van der Waals surface area contributed by atoms with E-state index in [0.717, 1.165) is 11.8 Å². The van der Waals surface area contributed by atoms with Gasteiger partial charge in [-0.2, -0.15) is 18.3 Å². The molecular weight excluding hydrogens is 309 g/mol. The van der Waals surface area contributed by atoms with Crippen LogP contribution in [0.25, 0.3) is 0 Å². The van der Waals surface area contributed by atoms with Gasteiger partial charge in [0.25, 0.3) is 0 Å². The van der Waals surface area contributed by atoms with Crippen LogP contribution in [-0.2, 0) is 17.5 Å². The fourth-order valence-electron chi connectivity index (χ4n) is 1.17. The summed E-state index contributed by atoms with van der Waals surface area (Å²) < 4.78 is 42.2. The molecule has 0 aromatic carbocycles. The summed E-state index contributed by atoms with van der Waals surface area (Å²) in [5.74, 6) is -0.965. The minimum Gasteiger partial charge on any atom is -0.464 e. The van der Waals surface area contributed by atoms with E-state index in [0.29, 0.717) is 0 Å². The number of aliphatic hydroxyl groups excluding tert-OH is 1. The molecule has 1 heterocycles. The van der Waals surface area contributed by atoms with Crippen molar-refractivity contribution in [3.63, 3.8) is 0 Å². The first-order valence-corrected chi connectivity index (χ1v) is 5.15. The van der Waals surface area contributed by atoms with E-state index in [1.807, 2.05) is 0 Å². The number of nitrogens with zero attached hydrogens (tertiary/aromatic N) is 2. The lowest BCUT2D eigenvalue weighted by Gasteiger charge is -2.03. The highest BCUT2D eigenvalue weighted by molar-refractivity contribution is 9.10. The summed E-state index contributed by atoms with van der Waals surface area (Å²) in [6.07, 6.45) is -4.69. The van der Waals surface area contributed by atoms with Gasteiger partial charge in [-0.25, -0.2) is 4.79 Å². The third-order valence-corrected chi connectivity index (χ3v) is 2.60. The zero-order chi connectivity index (χ0) is 13.2. The summed E-state index contributed by atoms with van der Waals surface area (Å²) >= 11 is 2.66. The summed E-state index contributed by atoms with van der Waals surface area (Å²) in [5, 5.41) is 11.9. The topological polar surface area (TPSA) is 64.3 Å². The number of alkyl halides is 3. The third kappa shape index (κ3) is 2.78. The van der Waals surface area contributed by atoms with Crippen molar-refractivity contribution in [3.05, 3.63) is 15.9 Å². The number of ether oxygens (including phenoxy) is 1. The van der Waals surface area contributed by atoms with Crippen LogP contribution in [0.4, 0.5) is 13.2 Å². The Bertz CT molecular complexity index is 430. The number of halogens is 4. The van der Waals surface area contributed by atoms with E-state index in [1.54, 1.807) is 0 Å². The molecule has 9 heteroatoms. The molecule has 0 aliphatic heterocycles. The number of aromatic nitrogens is 2. The number of carbonyl (C=O) groups is 1. The highest BCUT2D eigenvalue weighted by atomic mass is 79.9. The van der Waals surface area contributed by atoms with Gasteiger partial charge in [0.1, 0.15) is 0 Å². The van der Waals surface area contributed by atoms with Gasteiger partial charge in [-0.05, 0) is 15.9 Å². The monoisotopic (exact) mass is 316 g/mol. The predicted octanol–water partition coefficient (Wildman–Crippen LogP) is 1.44. The lowest BCUT2D eigenvalue weighted by atomic mass is 10.3. The van der Waals surface area contributed by atoms with Crippen LogP contribution in [0.2, 0.25) is 0 Å². The molecule has 96 valence electrons. The second-order valence-electron chi connectivity index (χ2n) is 2.95. The Morgan fingerprint density at radius 1 is 1.59 bits per heavy atom. The third-order valence-electron chi connectivity index (χ3n) is 1.85. The van der Waals surface area contributed by atoms with Gasteiger partial charge in [-0.15, -0.1) is 0 Å². The average molecular weight is 317 g/mol. The van der Waals surface area contributed by atoms with E-state index in [2.05, 4.69) is 25.8 Å². The number of aliphatic hydroxyl groups is 1. The van der Waals surface area contributed by atoms with Gasteiger partial charge in [-0.3, -0.25) is 4.68 Å². The maximum atomic E-state index is 12.5. The van der Waals surface area contributed by atoms with Gasteiger partial charge in [-0.1, -0.05) is 0 Å². The van der Waals surface area contributed by atoms with Gasteiger partial charge >= 0.3 is 12.1 Å². The Hall–Kier alpha value is -1.09.